The standard InChI is InChI=1S/C27H47NO5P/c1-9-21(4)25(29)33-19-27(6,18-32-22(5)10-2)26(30)31-16-23-12-14-24(15-13-23)17-34(7,8)20-28-11-3/h12-15,21-22,28H,9-11,16-20H2,1-8H3/q+1. The van der Waals surface area contributed by atoms with Crippen LogP contribution in [0, 0.1) is 11.3 Å². The summed E-state index contributed by atoms with van der Waals surface area (Å²) in [5.74, 6) is -0.936. The third-order valence-electron chi connectivity index (χ3n) is 6.10. The summed E-state index contributed by atoms with van der Waals surface area (Å²) in [4.78, 5) is 25.2. The summed E-state index contributed by atoms with van der Waals surface area (Å²) in [6, 6.07) is 8.28. The molecule has 0 heterocycles. The fourth-order valence-electron chi connectivity index (χ4n) is 3.17. The van der Waals surface area contributed by atoms with E-state index < -0.39 is 18.6 Å². The lowest BCUT2D eigenvalue weighted by molar-refractivity contribution is -0.171. The van der Waals surface area contributed by atoms with E-state index in [2.05, 4.69) is 37.7 Å². The highest BCUT2D eigenvalue weighted by molar-refractivity contribution is 7.73. The van der Waals surface area contributed by atoms with Gasteiger partial charge in [0, 0.05) is 7.26 Å². The van der Waals surface area contributed by atoms with Crippen molar-refractivity contribution >= 4 is 19.2 Å². The van der Waals surface area contributed by atoms with Crippen molar-refractivity contribution in [2.24, 2.45) is 11.3 Å². The van der Waals surface area contributed by atoms with Crippen LogP contribution in [0.2, 0.25) is 0 Å². The summed E-state index contributed by atoms with van der Waals surface area (Å²) < 4.78 is 17.0. The van der Waals surface area contributed by atoms with Gasteiger partial charge in [0.2, 0.25) is 0 Å². The van der Waals surface area contributed by atoms with Gasteiger partial charge in [0.25, 0.3) is 0 Å². The van der Waals surface area contributed by atoms with Gasteiger partial charge in [-0.3, -0.25) is 14.9 Å². The second kappa shape index (κ2) is 14.8. The quantitative estimate of drug-likeness (QED) is 0.241. The van der Waals surface area contributed by atoms with E-state index >= 15 is 0 Å². The van der Waals surface area contributed by atoms with Crippen LogP contribution in [0.3, 0.4) is 0 Å². The summed E-state index contributed by atoms with van der Waals surface area (Å²) >= 11 is 0. The molecule has 34 heavy (non-hydrogen) atoms. The van der Waals surface area contributed by atoms with Crippen molar-refractivity contribution in [1.29, 1.82) is 0 Å². The maximum Gasteiger partial charge on any atom is 0.317 e. The van der Waals surface area contributed by atoms with Gasteiger partial charge in [0.15, 0.2) is 0 Å². The monoisotopic (exact) mass is 496 g/mol. The van der Waals surface area contributed by atoms with E-state index in [4.69, 9.17) is 14.2 Å². The van der Waals surface area contributed by atoms with Gasteiger partial charge in [-0.25, -0.2) is 0 Å². The van der Waals surface area contributed by atoms with Gasteiger partial charge in [0.1, 0.15) is 24.9 Å². The smallest absolute Gasteiger partial charge is 0.317 e. The molecule has 0 aliphatic rings. The highest BCUT2D eigenvalue weighted by Crippen LogP contribution is 2.53. The molecule has 1 N–H and O–H groups in total. The molecular weight excluding hydrogens is 449 g/mol. The summed E-state index contributed by atoms with van der Waals surface area (Å²) in [5.41, 5.74) is 1.17. The molecule has 0 saturated carbocycles. The first-order valence-electron chi connectivity index (χ1n) is 12.5. The number of rotatable bonds is 16. The number of hydrogen-bond acceptors (Lipinski definition) is 6. The highest BCUT2D eigenvalue weighted by Gasteiger charge is 2.38. The number of carbonyl (C=O) groups excluding carboxylic acids is 2. The molecule has 0 aliphatic carbocycles. The van der Waals surface area contributed by atoms with Crippen molar-refractivity contribution in [2.45, 2.75) is 73.3 Å². The van der Waals surface area contributed by atoms with E-state index in [1.54, 1.807) is 6.92 Å². The topological polar surface area (TPSA) is 73.9 Å². The minimum atomic E-state index is -1.06. The molecule has 1 aromatic rings. The molecular formula is C27H47NO5P+. The number of benzene rings is 1. The van der Waals surface area contributed by atoms with Gasteiger partial charge >= 0.3 is 11.9 Å². The Balaban J connectivity index is 2.76. The first kappa shape index (κ1) is 30.5. The van der Waals surface area contributed by atoms with Gasteiger partial charge in [-0.15, -0.1) is 0 Å². The third kappa shape index (κ3) is 10.8. The summed E-state index contributed by atoms with van der Waals surface area (Å²) in [6.45, 7) is 17.6. The van der Waals surface area contributed by atoms with Gasteiger partial charge in [0.05, 0.1) is 38.1 Å². The molecule has 7 heteroatoms. The number of esters is 2. The van der Waals surface area contributed by atoms with Crippen LogP contribution in [-0.2, 0) is 36.6 Å². The molecule has 0 fully saturated rings. The van der Waals surface area contributed by atoms with Crippen molar-refractivity contribution in [3.8, 4) is 0 Å². The minimum Gasteiger partial charge on any atom is -0.464 e. The van der Waals surface area contributed by atoms with Crippen LogP contribution < -0.4 is 5.32 Å². The molecule has 0 amide bonds. The largest absolute Gasteiger partial charge is 0.464 e. The van der Waals surface area contributed by atoms with Crippen LogP contribution in [0.25, 0.3) is 0 Å². The molecule has 1 rings (SSSR count). The summed E-state index contributed by atoms with van der Waals surface area (Å²) in [6.07, 6.45) is 3.67. The zero-order valence-electron chi connectivity index (χ0n) is 22.6. The second-order valence-electron chi connectivity index (χ2n) is 10.3. The highest BCUT2D eigenvalue weighted by atomic mass is 31.2. The number of nitrogens with one attached hydrogen (secondary N) is 1. The Labute approximate surface area is 207 Å². The van der Waals surface area contributed by atoms with Gasteiger partial charge in [-0.05, 0) is 44.4 Å². The molecule has 1 aromatic carbocycles. The lowest BCUT2D eigenvalue weighted by atomic mass is 9.92. The third-order valence-corrected chi connectivity index (χ3v) is 8.40. The number of carbonyl (C=O) groups is 2. The predicted molar refractivity (Wildman–Crippen MR) is 141 cm³/mol. The molecule has 3 atom stereocenters. The summed E-state index contributed by atoms with van der Waals surface area (Å²) in [5, 5.41) is 3.46. The second-order valence-corrected chi connectivity index (χ2v) is 14.8. The first-order chi connectivity index (χ1) is 16.0. The van der Waals surface area contributed by atoms with Crippen molar-refractivity contribution in [3.63, 3.8) is 0 Å². The predicted octanol–water partition coefficient (Wildman–Crippen LogP) is 5.48. The van der Waals surface area contributed by atoms with Crippen molar-refractivity contribution in [2.75, 3.05) is 39.4 Å². The SMILES string of the molecule is CCNC[P+](C)(C)Cc1ccc(COC(=O)C(C)(COC(=O)C(C)CC)COC(C)CC)cc1. The average Bonchev–Trinajstić information content (AvgIpc) is 2.83. The normalized spacial score (nSPS) is 15.3. The lowest BCUT2D eigenvalue weighted by Crippen LogP contribution is -2.41. The molecule has 0 aromatic heterocycles. The van der Waals surface area contributed by atoms with E-state index in [9.17, 15) is 9.59 Å². The van der Waals surface area contributed by atoms with Gasteiger partial charge in [-0.1, -0.05) is 52.0 Å². The van der Waals surface area contributed by atoms with E-state index in [-0.39, 0.29) is 37.8 Å². The zero-order valence-corrected chi connectivity index (χ0v) is 23.5. The van der Waals surface area contributed by atoms with Gasteiger partial charge < -0.3 is 14.2 Å². The maximum atomic E-state index is 13.1. The molecule has 3 unspecified atom stereocenters. The number of hydrogen-bond donors (Lipinski definition) is 1. The van der Waals surface area contributed by atoms with Crippen molar-refractivity contribution < 1.29 is 23.8 Å². The molecule has 0 radical (unpaired) electrons. The molecule has 0 spiro atoms. The Bertz CT molecular complexity index is 752. The Kier molecular flexibility index (Phi) is 13.3. The Morgan fingerprint density at radius 3 is 2.15 bits per heavy atom. The number of ether oxygens (including phenoxy) is 3. The van der Waals surface area contributed by atoms with Crippen molar-refractivity contribution in [3.05, 3.63) is 35.4 Å². The summed E-state index contributed by atoms with van der Waals surface area (Å²) in [7, 11) is -1.05. The Morgan fingerprint density at radius 1 is 0.971 bits per heavy atom. The van der Waals surface area contributed by atoms with Crippen LogP contribution in [0.4, 0.5) is 0 Å². The van der Waals surface area contributed by atoms with Gasteiger partial charge in [-0.2, -0.15) is 0 Å². The van der Waals surface area contributed by atoms with Crippen LogP contribution in [0.1, 0.15) is 65.5 Å². The van der Waals surface area contributed by atoms with Crippen LogP contribution in [0.5, 0.6) is 0 Å². The Morgan fingerprint density at radius 2 is 1.59 bits per heavy atom. The molecule has 0 saturated heterocycles. The van der Waals surface area contributed by atoms with Crippen molar-refractivity contribution in [1.82, 2.24) is 5.32 Å². The molecule has 194 valence electrons. The van der Waals surface area contributed by atoms with E-state index in [1.807, 2.05) is 39.8 Å². The molecule has 0 aliphatic heterocycles. The molecule has 6 nitrogen and oxygen atoms in total. The van der Waals surface area contributed by atoms with Crippen LogP contribution in [0.15, 0.2) is 24.3 Å². The maximum absolute atomic E-state index is 13.1. The minimum absolute atomic E-state index is 0.00422. The molecule has 0 bridgehead atoms. The van der Waals surface area contributed by atoms with E-state index in [1.165, 1.54) is 5.56 Å². The fourth-order valence-corrected chi connectivity index (χ4v) is 5.31. The lowest BCUT2D eigenvalue weighted by Gasteiger charge is -2.28. The zero-order chi connectivity index (χ0) is 25.8. The fraction of sp³-hybridized carbons (Fsp3) is 0.704. The van der Waals surface area contributed by atoms with Crippen LogP contribution in [-0.4, -0.2) is 57.4 Å². The van der Waals surface area contributed by atoms with Crippen LogP contribution >= 0.6 is 7.26 Å². The van der Waals surface area contributed by atoms with E-state index in [0.717, 1.165) is 31.0 Å². The van der Waals surface area contributed by atoms with E-state index in [0.29, 0.717) is 6.42 Å². The average molecular weight is 497 g/mol. The Hall–Kier alpha value is -1.49. The first-order valence-corrected chi connectivity index (χ1v) is 15.6.